The van der Waals surface area contributed by atoms with Crippen LogP contribution in [0.15, 0.2) is 18.3 Å². The van der Waals surface area contributed by atoms with Gasteiger partial charge in [0.15, 0.2) is 0 Å². The van der Waals surface area contributed by atoms with Crippen LogP contribution in [0, 0.1) is 17.8 Å². The first kappa shape index (κ1) is 11.6. The third-order valence-corrected chi connectivity index (χ3v) is 4.61. The van der Waals surface area contributed by atoms with Crippen LogP contribution >= 0.6 is 0 Å². The number of rotatable bonds is 3. The van der Waals surface area contributed by atoms with Crippen LogP contribution < -0.4 is 5.32 Å². The normalized spacial score (nSPS) is 22.1. The molecule has 0 aromatic carbocycles. The highest BCUT2D eigenvalue weighted by Gasteiger charge is 2.64. The first-order valence-electron chi connectivity index (χ1n) is 6.01. The van der Waals surface area contributed by atoms with Crippen molar-refractivity contribution in [2.45, 2.75) is 47.2 Å². The smallest absolute Gasteiger partial charge is 0.0570 e. The Morgan fingerprint density at radius 3 is 2.38 bits per heavy atom. The Hall–Kier alpha value is -0.890. The summed E-state index contributed by atoms with van der Waals surface area (Å²) in [5, 5.41) is 3.63. The number of hydrogen-bond acceptors (Lipinski definition) is 2. The predicted molar refractivity (Wildman–Crippen MR) is 67.2 cm³/mol. The van der Waals surface area contributed by atoms with Crippen molar-refractivity contribution in [3.8, 4) is 0 Å². The quantitative estimate of drug-likeness (QED) is 0.843. The first-order valence-corrected chi connectivity index (χ1v) is 6.01. The van der Waals surface area contributed by atoms with Crippen molar-refractivity contribution in [1.29, 1.82) is 0 Å². The van der Waals surface area contributed by atoms with Crippen LogP contribution in [0.25, 0.3) is 0 Å². The number of aromatic nitrogens is 1. The molecule has 88 valence electrons. The van der Waals surface area contributed by atoms with Gasteiger partial charge in [0.25, 0.3) is 0 Å². The molecule has 1 aliphatic rings. The van der Waals surface area contributed by atoms with Gasteiger partial charge < -0.3 is 5.32 Å². The predicted octanol–water partition coefficient (Wildman–Crippen LogP) is 2.91. The molecule has 1 aromatic heterocycles. The van der Waals surface area contributed by atoms with E-state index < -0.39 is 0 Å². The highest BCUT2D eigenvalue weighted by molar-refractivity contribution is 5.21. The minimum Gasteiger partial charge on any atom is -0.307 e. The van der Waals surface area contributed by atoms with Gasteiger partial charge in [-0.15, -0.1) is 0 Å². The largest absolute Gasteiger partial charge is 0.307 e. The molecule has 0 amide bonds. The summed E-state index contributed by atoms with van der Waals surface area (Å²) < 4.78 is 0. The number of aryl methyl sites for hydroxylation is 1. The van der Waals surface area contributed by atoms with E-state index in [1.807, 2.05) is 12.3 Å². The second-order valence-corrected chi connectivity index (χ2v) is 6.02. The van der Waals surface area contributed by atoms with Gasteiger partial charge in [-0.25, -0.2) is 0 Å². The zero-order valence-electron chi connectivity index (χ0n) is 11.0. The molecule has 1 aromatic rings. The molecule has 0 bridgehead atoms. The van der Waals surface area contributed by atoms with E-state index in [-0.39, 0.29) is 0 Å². The van der Waals surface area contributed by atoms with Crippen molar-refractivity contribution in [2.24, 2.45) is 10.8 Å². The number of hydrogen-bond donors (Lipinski definition) is 1. The number of nitrogens with one attached hydrogen (secondary N) is 1. The SMILES string of the molecule is Cc1cccnc1CNC1C(C)(C)C1(C)C. The zero-order chi connectivity index (χ0) is 12.0. The fourth-order valence-electron chi connectivity index (χ4n) is 2.61. The molecule has 2 rings (SSSR count). The van der Waals surface area contributed by atoms with Crippen molar-refractivity contribution >= 4 is 0 Å². The Bertz CT molecular complexity index is 379. The Balaban J connectivity index is 1.98. The molecule has 0 atom stereocenters. The highest BCUT2D eigenvalue weighted by Crippen LogP contribution is 2.62. The molecule has 2 nitrogen and oxygen atoms in total. The summed E-state index contributed by atoms with van der Waals surface area (Å²) in [6.07, 6.45) is 1.87. The van der Waals surface area contributed by atoms with Crippen molar-refractivity contribution in [3.05, 3.63) is 29.6 Å². The van der Waals surface area contributed by atoms with Crippen LogP contribution in [0.5, 0.6) is 0 Å². The summed E-state index contributed by atoms with van der Waals surface area (Å²) in [5.74, 6) is 0. The Labute approximate surface area is 98.5 Å². The molecule has 1 heterocycles. The van der Waals surface area contributed by atoms with E-state index in [2.05, 4.69) is 51.0 Å². The highest BCUT2D eigenvalue weighted by atomic mass is 15.0. The fourth-order valence-corrected chi connectivity index (χ4v) is 2.61. The second-order valence-electron chi connectivity index (χ2n) is 6.02. The molecule has 2 heteroatoms. The van der Waals surface area contributed by atoms with E-state index in [4.69, 9.17) is 0 Å². The molecule has 16 heavy (non-hydrogen) atoms. The van der Waals surface area contributed by atoms with Crippen LogP contribution in [-0.2, 0) is 6.54 Å². The van der Waals surface area contributed by atoms with Gasteiger partial charge in [0.1, 0.15) is 0 Å². The lowest BCUT2D eigenvalue weighted by Gasteiger charge is -2.07. The lowest BCUT2D eigenvalue weighted by molar-refractivity contribution is 0.457. The maximum atomic E-state index is 4.41. The molecule has 0 spiro atoms. The van der Waals surface area contributed by atoms with E-state index in [9.17, 15) is 0 Å². The van der Waals surface area contributed by atoms with Crippen molar-refractivity contribution < 1.29 is 0 Å². The minimum atomic E-state index is 0.398. The van der Waals surface area contributed by atoms with E-state index in [0.717, 1.165) is 6.54 Å². The van der Waals surface area contributed by atoms with Crippen LogP contribution in [-0.4, -0.2) is 11.0 Å². The van der Waals surface area contributed by atoms with Gasteiger partial charge in [0.05, 0.1) is 5.69 Å². The first-order chi connectivity index (χ1) is 7.37. The van der Waals surface area contributed by atoms with E-state index in [0.29, 0.717) is 16.9 Å². The van der Waals surface area contributed by atoms with Crippen molar-refractivity contribution in [2.75, 3.05) is 0 Å². The third kappa shape index (κ3) is 1.65. The molecule has 1 N–H and O–H groups in total. The van der Waals surface area contributed by atoms with Crippen LogP contribution in [0.2, 0.25) is 0 Å². The minimum absolute atomic E-state index is 0.398. The maximum Gasteiger partial charge on any atom is 0.0570 e. The van der Waals surface area contributed by atoms with Crippen LogP contribution in [0.3, 0.4) is 0 Å². The molecule has 1 saturated carbocycles. The number of pyridine rings is 1. The van der Waals surface area contributed by atoms with Gasteiger partial charge in [0.2, 0.25) is 0 Å². The van der Waals surface area contributed by atoms with E-state index >= 15 is 0 Å². The Kier molecular flexibility index (Phi) is 2.58. The molecule has 1 fully saturated rings. The van der Waals surface area contributed by atoms with Crippen molar-refractivity contribution in [3.63, 3.8) is 0 Å². The van der Waals surface area contributed by atoms with Crippen LogP contribution in [0.1, 0.15) is 39.0 Å². The van der Waals surface area contributed by atoms with E-state index in [1.54, 1.807) is 0 Å². The lowest BCUT2D eigenvalue weighted by atomic mass is 10.0. The summed E-state index contributed by atoms with van der Waals surface area (Å²) in [4.78, 5) is 4.41. The van der Waals surface area contributed by atoms with Gasteiger partial charge in [-0.05, 0) is 29.4 Å². The van der Waals surface area contributed by atoms with Gasteiger partial charge in [-0.1, -0.05) is 33.8 Å². The maximum absolute atomic E-state index is 4.41. The second kappa shape index (κ2) is 3.56. The lowest BCUT2D eigenvalue weighted by Crippen LogP contribution is -2.22. The van der Waals surface area contributed by atoms with Gasteiger partial charge in [-0.3, -0.25) is 4.98 Å². The molecule has 0 unspecified atom stereocenters. The summed E-state index contributed by atoms with van der Waals surface area (Å²) in [7, 11) is 0. The van der Waals surface area contributed by atoms with Gasteiger partial charge >= 0.3 is 0 Å². The average Bonchev–Trinajstić information content (AvgIpc) is 2.58. The third-order valence-electron chi connectivity index (χ3n) is 4.61. The number of nitrogens with zero attached hydrogens (tertiary/aromatic N) is 1. The monoisotopic (exact) mass is 218 g/mol. The van der Waals surface area contributed by atoms with Crippen molar-refractivity contribution in [1.82, 2.24) is 10.3 Å². The van der Waals surface area contributed by atoms with Crippen LogP contribution in [0.4, 0.5) is 0 Å². The topological polar surface area (TPSA) is 24.9 Å². The summed E-state index contributed by atoms with van der Waals surface area (Å²) in [6.45, 7) is 12.3. The molecular formula is C14H22N2. The van der Waals surface area contributed by atoms with Gasteiger partial charge in [-0.2, -0.15) is 0 Å². The molecule has 0 aliphatic heterocycles. The summed E-state index contributed by atoms with van der Waals surface area (Å²) in [5.41, 5.74) is 3.23. The average molecular weight is 218 g/mol. The van der Waals surface area contributed by atoms with E-state index in [1.165, 1.54) is 11.3 Å². The molecule has 0 saturated heterocycles. The standard InChI is InChI=1S/C14H22N2/c1-10-7-6-8-15-11(10)9-16-12-13(2,3)14(12,4)5/h6-8,12,16H,9H2,1-5H3. The molecule has 1 aliphatic carbocycles. The Morgan fingerprint density at radius 1 is 1.25 bits per heavy atom. The van der Waals surface area contributed by atoms with Gasteiger partial charge in [0, 0.05) is 18.8 Å². The Morgan fingerprint density at radius 2 is 1.88 bits per heavy atom. The molecular weight excluding hydrogens is 196 g/mol. The zero-order valence-corrected chi connectivity index (χ0v) is 11.0. The summed E-state index contributed by atoms with van der Waals surface area (Å²) in [6, 6.07) is 4.71. The summed E-state index contributed by atoms with van der Waals surface area (Å²) >= 11 is 0. The fraction of sp³-hybridized carbons (Fsp3) is 0.643. The molecule has 0 radical (unpaired) electrons.